The van der Waals surface area contributed by atoms with Crippen LogP contribution >= 0.6 is 11.6 Å². The second-order valence-corrected chi connectivity index (χ2v) is 3.91. The van der Waals surface area contributed by atoms with Gasteiger partial charge >= 0.3 is 0 Å². The van der Waals surface area contributed by atoms with Crippen LogP contribution in [0.2, 0.25) is 5.02 Å². The summed E-state index contributed by atoms with van der Waals surface area (Å²) in [5.74, 6) is 0. The zero-order chi connectivity index (χ0) is 11.4. The molecule has 0 spiro atoms. The lowest BCUT2D eigenvalue weighted by Gasteiger charge is -2.01. The molecule has 0 radical (unpaired) electrons. The van der Waals surface area contributed by atoms with Crippen LogP contribution in [0, 0.1) is 0 Å². The first kappa shape index (κ1) is 11.1. The maximum absolute atomic E-state index is 8.71. The molecular formula is C13H12ClNO. The number of fused-ring (bicyclic) bond motifs is 1. The minimum atomic E-state index is 0.172. The molecule has 0 saturated heterocycles. The lowest BCUT2D eigenvalue weighted by Crippen LogP contribution is -1.83. The fraction of sp³-hybridized carbons (Fsp3) is 0.154. The molecule has 82 valence electrons. The van der Waals surface area contributed by atoms with Gasteiger partial charge in [0.1, 0.15) is 0 Å². The molecule has 0 aliphatic rings. The van der Waals surface area contributed by atoms with Gasteiger partial charge in [-0.05, 0) is 30.2 Å². The van der Waals surface area contributed by atoms with E-state index in [9.17, 15) is 0 Å². The SMILES string of the molecule is OCCC=Cc1ccnc2cc(Cl)ccc12. The smallest absolute Gasteiger partial charge is 0.0722 e. The fourth-order valence-corrected chi connectivity index (χ4v) is 1.74. The third kappa shape index (κ3) is 2.40. The number of rotatable bonds is 3. The first-order chi connectivity index (χ1) is 7.81. The predicted molar refractivity (Wildman–Crippen MR) is 67.5 cm³/mol. The van der Waals surface area contributed by atoms with Crippen LogP contribution in [0.4, 0.5) is 0 Å². The molecule has 0 amide bonds. The van der Waals surface area contributed by atoms with E-state index in [-0.39, 0.29) is 6.61 Å². The molecule has 1 N–H and O–H groups in total. The summed E-state index contributed by atoms with van der Waals surface area (Å²) in [5, 5.41) is 10.5. The Labute approximate surface area is 99.2 Å². The standard InChI is InChI=1S/C13H12ClNO/c14-11-4-5-12-10(3-1-2-8-16)6-7-15-13(12)9-11/h1,3-7,9,16H,2,8H2. The van der Waals surface area contributed by atoms with Crippen LogP contribution in [0.25, 0.3) is 17.0 Å². The molecule has 16 heavy (non-hydrogen) atoms. The zero-order valence-corrected chi connectivity index (χ0v) is 9.48. The Bertz CT molecular complexity index is 522. The van der Waals surface area contributed by atoms with Crippen molar-refractivity contribution in [1.82, 2.24) is 4.98 Å². The number of halogens is 1. The molecule has 3 heteroatoms. The lowest BCUT2D eigenvalue weighted by molar-refractivity contribution is 0.303. The van der Waals surface area contributed by atoms with Crippen molar-refractivity contribution in [2.24, 2.45) is 0 Å². The van der Waals surface area contributed by atoms with Crippen LogP contribution in [-0.4, -0.2) is 16.7 Å². The summed E-state index contributed by atoms with van der Waals surface area (Å²) < 4.78 is 0. The van der Waals surface area contributed by atoms with Crippen molar-refractivity contribution in [3.8, 4) is 0 Å². The summed E-state index contributed by atoms with van der Waals surface area (Å²) in [7, 11) is 0. The summed E-state index contributed by atoms with van der Waals surface area (Å²) in [4.78, 5) is 4.26. The molecular weight excluding hydrogens is 222 g/mol. The second-order valence-electron chi connectivity index (χ2n) is 3.48. The monoisotopic (exact) mass is 233 g/mol. The van der Waals surface area contributed by atoms with Gasteiger partial charge in [0.25, 0.3) is 0 Å². The normalized spacial score (nSPS) is 11.4. The van der Waals surface area contributed by atoms with Crippen LogP contribution in [0.3, 0.4) is 0 Å². The van der Waals surface area contributed by atoms with Crippen LogP contribution in [0.5, 0.6) is 0 Å². The Morgan fingerprint density at radius 3 is 3.00 bits per heavy atom. The van der Waals surface area contributed by atoms with Gasteiger partial charge in [-0.2, -0.15) is 0 Å². The molecule has 0 aliphatic heterocycles. The molecule has 1 aromatic carbocycles. The van der Waals surface area contributed by atoms with E-state index in [2.05, 4.69) is 4.98 Å². The van der Waals surface area contributed by atoms with Gasteiger partial charge in [-0.1, -0.05) is 29.8 Å². The van der Waals surface area contributed by atoms with E-state index in [0.29, 0.717) is 11.4 Å². The maximum Gasteiger partial charge on any atom is 0.0722 e. The molecule has 0 unspecified atom stereocenters. The van der Waals surface area contributed by atoms with Gasteiger partial charge in [-0.15, -0.1) is 0 Å². The van der Waals surface area contributed by atoms with Crippen LogP contribution in [0.1, 0.15) is 12.0 Å². The molecule has 0 saturated carbocycles. The van der Waals surface area contributed by atoms with E-state index < -0.39 is 0 Å². The molecule has 0 fully saturated rings. The average Bonchev–Trinajstić information content (AvgIpc) is 2.29. The minimum Gasteiger partial charge on any atom is -0.396 e. The number of nitrogens with zero attached hydrogens (tertiary/aromatic N) is 1. The molecule has 1 aromatic heterocycles. The van der Waals surface area contributed by atoms with E-state index in [4.69, 9.17) is 16.7 Å². The third-order valence-electron chi connectivity index (χ3n) is 2.33. The number of benzene rings is 1. The van der Waals surface area contributed by atoms with Gasteiger partial charge in [0.05, 0.1) is 5.52 Å². The Hall–Kier alpha value is -1.38. The van der Waals surface area contributed by atoms with Crippen molar-refractivity contribution in [2.45, 2.75) is 6.42 Å². The van der Waals surface area contributed by atoms with Gasteiger partial charge in [0.2, 0.25) is 0 Å². The molecule has 2 nitrogen and oxygen atoms in total. The van der Waals surface area contributed by atoms with E-state index in [0.717, 1.165) is 16.5 Å². The highest BCUT2D eigenvalue weighted by Crippen LogP contribution is 2.21. The van der Waals surface area contributed by atoms with Crippen LogP contribution in [0.15, 0.2) is 36.5 Å². The number of hydrogen-bond acceptors (Lipinski definition) is 2. The van der Waals surface area contributed by atoms with Crippen molar-refractivity contribution in [3.05, 3.63) is 47.1 Å². The molecule has 1 heterocycles. The van der Waals surface area contributed by atoms with Crippen molar-refractivity contribution in [3.63, 3.8) is 0 Å². The zero-order valence-electron chi connectivity index (χ0n) is 8.73. The van der Waals surface area contributed by atoms with Crippen molar-refractivity contribution in [2.75, 3.05) is 6.61 Å². The molecule has 0 bridgehead atoms. The van der Waals surface area contributed by atoms with Gasteiger partial charge in [-0.25, -0.2) is 0 Å². The first-order valence-corrected chi connectivity index (χ1v) is 5.51. The predicted octanol–water partition coefficient (Wildman–Crippen LogP) is 3.28. The minimum absolute atomic E-state index is 0.172. The Morgan fingerprint density at radius 1 is 1.31 bits per heavy atom. The Balaban J connectivity index is 2.45. The van der Waals surface area contributed by atoms with Crippen LogP contribution in [-0.2, 0) is 0 Å². The molecule has 2 rings (SSSR count). The number of hydrogen-bond donors (Lipinski definition) is 1. The van der Waals surface area contributed by atoms with Crippen molar-refractivity contribution in [1.29, 1.82) is 0 Å². The number of aromatic nitrogens is 1. The summed E-state index contributed by atoms with van der Waals surface area (Å²) in [6, 6.07) is 7.61. The van der Waals surface area contributed by atoms with Crippen molar-refractivity contribution >= 4 is 28.6 Å². The van der Waals surface area contributed by atoms with E-state index in [1.165, 1.54) is 0 Å². The van der Waals surface area contributed by atoms with Gasteiger partial charge < -0.3 is 5.11 Å². The molecule has 2 aromatic rings. The summed E-state index contributed by atoms with van der Waals surface area (Å²) in [5.41, 5.74) is 1.98. The number of pyridine rings is 1. The number of aliphatic hydroxyl groups is 1. The van der Waals surface area contributed by atoms with Gasteiger partial charge in [0, 0.05) is 23.2 Å². The highest BCUT2D eigenvalue weighted by atomic mass is 35.5. The van der Waals surface area contributed by atoms with Crippen LogP contribution < -0.4 is 0 Å². The quantitative estimate of drug-likeness (QED) is 0.883. The highest BCUT2D eigenvalue weighted by molar-refractivity contribution is 6.31. The topological polar surface area (TPSA) is 33.1 Å². The lowest BCUT2D eigenvalue weighted by atomic mass is 10.1. The third-order valence-corrected chi connectivity index (χ3v) is 2.57. The van der Waals surface area contributed by atoms with E-state index in [1.54, 1.807) is 6.20 Å². The van der Waals surface area contributed by atoms with E-state index >= 15 is 0 Å². The summed E-state index contributed by atoms with van der Waals surface area (Å²) >= 11 is 5.91. The summed E-state index contributed by atoms with van der Waals surface area (Å²) in [6.07, 6.45) is 6.37. The average molecular weight is 234 g/mol. The van der Waals surface area contributed by atoms with Gasteiger partial charge in [-0.3, -0.25) is 4.98 Å². The molecule has 0 aliphatic carbocycles. The van der Waals surface area contributed by atoms with Crippen molar-refractivity contribution < 1.29 is 5.11 Å². The maximum atomic E-state index is 8.71. The fourth-order valence-electron chi connectivity index (χ4n) is 1.57. The highest BCUT2D eigenvalue weighted by Gasteiger charge is 1.99. The Morgan fingerprint density at radius 2 is 2.19 bits per heavy atom. The second kappa shape index (κ2) is 5.10. The van der Waals surface area contributed by atoms with Gasteiger partial charge in [0.15, 0.2) is 0 Å². The Kier molecular flexibility index (Phi) is 3.54. The first-order valence-electron chi connectivity index (χ1n) is 5.13. The van der Waals surface area contributed by atoms with E-state index in [1.807, 2.05) is 36.4 Å². The summed E-state index contributed by atoms with van der Waals surface area (Å²) in [6.45, 7) is 0.172. The largest absolute Gasteiger partial charge is 0.396 e. The molecule has 0 atom stereocenters. The number of aliphatic hydroxyl groups excluding tert-OH is 1.